The van der Waals surface area contributed by atoms with Gasteiger partial charge in [-0.15, -0.1) is 0 Å². The van der Waals surface area contributed by atoms with Crippen LogP contribution in [0.3, 0.4) is 0 Å². The van der Waals surface area contributed by atoms with Crippen molar-refractivity contribution in [3.05, 3.63) is 54.4 Å². The SMILES string of the molecule is COc1ccccc1C(=O)Nc1ccc[nH+]c1. The van der Waals surface area contributed by atoms with Gasteiger partial charge in [0.05, 0.1) is 12.7 Å². The Morgan fingerprint density at radius 2 is 2.06 bits per heavy atom. The second kappa shape index (κ2) is 5.12. The van der Waals surface area contributed by atoms with Crippen LogP contribution in [0.2, 0.25) is 0 Å². The minimum absolute atomic E-state index is 0.193. The summed E-state index contributed by atoms with van der Waals surface area (Å²) >= 11 is 0. The fourth-order valence-electron chi connectivity index (χ4n) is 1.50. The van der Waals surface area contributed by atoms with E-state index < -0.39 is 0 Å². The van der Waals surface area contributed by atoms with Gasteiger partial charge in [0, 0.05) is 6.07 Å². The number of pyridine rings is 1. The van der Waals surface area contributed by atoms with Crippen molar-refractivity contribution in [3.8, 4) is 5.75 Å². The van der Waals surface area contributed by atoms with Crippen molar-refractivity contribution in [1.29, 1.82) is 0 Å². The largest absolute Gasteiger partial charge is 0.496 e. The zero-order valence-corrected chi connectivity index (χ0v) is 9.44. The van der Waals surface area contributed by atoms with Gasteiger partial charge in [0.25, 0.3) is 5.91 Å². The van der Waals surface area contributed by atoms with Crippen LogP contribution < -0.4 is 15.0 Å². The maximum absolute atomic E-state index is 12.0. The maximum Gasteiger partial charge on any atom is 0.259 e. The normalized spacial score (nSPS) is 9.71. The molecule has 1 amide bonds. The van der Waals surface area contributed by atoms with Crippen LogP contribution in [0.15, 0.2) is 48.8 Å². The number of carbonyl (C=O) groups is 1. The number of hydrogen-bond acceptors (Lipinski definition) is 2. The van der Waals surface area contributed by atoms with Gasteiger partial charge in [0.2, 0.25) is 0 Å². The number of aromatic nitrogens is 1. The lowest BCUT2D eigenvalue weighted by Crippen LogP contribution is -2.14. The number of rotatable bonds is 3. The summed E-state index contributed by atoms with van der Waals surface area (Å²) < 4.78 is 5.14. The highest BCUT2D eigenvalue weighted by Gasteiger charge is 2.11. The average Bonchev–Trinajstić information content (AvgIpc) is 2.40. The molecule has 1 aromatic carbocycles. The lowest BCUT2D eigenvalue weighted by Gasteiger charge is -2.07. The standard InChI is InChI=1S/C13H12N2O2/c1-17-12-7-3-2-6-11(12)13(16)15-10-5-4-8-14-9-10/h2-9H,1H3,(H,15,16)/p+1. The number of ether oxygens (including phenoxy) is 1. The number of benzene rings is 1. The first-order chi connectivity index (χ1) is 8.31. The highest BCUT2D eigenvalue weighted by atomic mass is 16.5. The zero-order valence-electron chi connectivity index (χ0n) is 9.44. The van der Waals surface area contributed by atoms with Gasteiger partial charge >= 0.3 is 0 Å². The highest BCUT2D eigenvalue weighted by molar-refractivity contribution is 6.06. The molecule has 0 aliphatic rings. The molecule has 0 fully saturated rings. The van der Waals surface area contributed by atoms with Crippen LogP contribution in [0, 0.1) is 0 Å². The molecule has 4 nitrogen and oxygen atoms in total. The van der Waals surface area contributed by atoms with Gasteiger partial charge in [-0.3, -0.25) is 4.79 Å². The molecule has 0 spiro atoms. The topological polar surface area (TPSA) is 52.5 Å². The summed E-state index contributed by atoms with van der Waals surface area (Å²) in [5.74, 6) is 0.368. The first-order valence-electron chi connectivity index (χ1n) is 5.22. The molecule has 0 bridgehead atoms. The van der Waals surface area contributed by atoms with Crippen LogP contribution in [0.1, 0.15) is 10.4 Å². The van der Waals surface area contributed by atoms with Crippen molar-refractivity contribution >= 4 is 11.6 Å². The summed E-state index contributed by atoms with van der Waals surface area (Å²) in [6.45, 7) is 0. The number of hydrogen-bond donors (Lipinski definition) is 1. The number of nitrogens with one attached hydrogen (secondary N) is 2. The predicted molar refractivity (Wildman–Crippen MR) is 63.9 cm³/mol. The van der Waals surface area contributed by atoms with E-state index >= 15 is 0 Å². The van der Waals surface area contributed by atoms with Crippen molar-refractivity contribution < 1.29 is 14.5 Å². The molecule has 4 heteroatoms. The molecule has 2 N–H and O–H groups in total. The molecule has 86 valence electrons. The van der Waals surface area contributed by atoms with Crippen molar-refractivity contribution in [2.45, 2.75) is 0 Å². The average molecular weight is 229 g/mol. The van der Waals surface area contributed by atoms with E-state index in [0.717, 1.165) is 0 Å². The minimum atomic E-state index is -0.193. The molecular weight excluding hydrogens is 216 g/mol. The summed E-state index contributed by atoms with van der Waals surface area (Å²) in [7, 11) is 1.54. The molecule has 0 aliphatic carbocycles. The van der Waals surface area contributed by atoms with Crippen molar-refractivity contribution in [2.75, 3.05) is 12.4 Å². The van der Waals surface area contributed by atoms with Gasteiger partial charge in [0.1, 0.15) is 11.4 Å². The molecule has 1 heterocycles. The van der Waals surface area contributed by atoms with E-state index in [-0.39, 0.29) is 5.91 Å². The van der Waals surface area contributed by atoms with Gasteiger partial charge in [-0.25, -0.2) is 4.98 Å². The number of H-pyrrole nitrogens is 1. The Bertz CT molecular complexity index is 512. The van der Waals surface area contributed by atoms with Gasteiger partial charge in [-0.1, -0.05) is 12.1 Å². The van der Waals surface area contributed by atoms with E-state index in [4.69, 9.17) is 4.74 Å². The second-order valence-electron chi connectivity index (χ2n) is 3.45. The van der Waals surface area contributed by atoms with Gasteiger partial charge in [-0.05, 0) is 18.2 Å². The Morgan fingerprint density at radius 3 is 2.76 bits per heavy atom. The van der Waals surface area contributed by atoms with Gasteiger partial charge in [-0.2, -0.15) is 0 Å². The fraction of sp³-hybridized carbons (Fsp3) is 0.0769. The smallest absolute Gasteiger partial charge is 0.259 e. The molecule has 1 aromatic heterocycles. The number of methoxy groups -OCH3 is 1. The van der Waals surface area contributed by atoms with Gasteiger partial charge < -0.3 is 10.1 Å². The quantitative estimate of drug-likeness (QED) is 0.871. The Morgan fingerprint density at radius 1 is 1.24 bits per heavy atom. The molecule has 2 rings (SSSR count). The second-order valence-corrected chi connectivity index (χ2v) is 3.45. The van der Waals surface area contributed by atoms with Crippen LogP contribution in [0.4, 0.5) is 5.69 Å². The number of amides is 1. The van der Waals surface area contributed by atoms with Crippen LogP contribution in [-0.4, -0.2) is 13.0 Å². The number of anilines is 1. The van der Waals surface area contributed by atoms with E-state index in [1.165, 1.54) is 0 Å². The third kappa shape index (κ3) is 2.60. The number of aromatic amines is 1. The monoisotopic (exact) mass is 229 g/mol. The molecule has 0 radical (unpaired) electrons. The Hall–Kier alpha value is -2.36. The lowest BCUT2D eigenvalue weighted by molar-refractivity contribution is -0.377. The summed E-state index contributed by atoms with van der Waals surface area (Å²) in [6.07, 6.45) is 3.49. The summed E-state index contributed by atoms with van der Waals surface area (Å²) in [6, 6.07) is 10.7. The van der Waals surface area contributed by atoms with Crippen molar-refractivity contribution in [3.63, 3.8) is 0 Å². The van der Waals surface area contributed by atoms with Crippen molar-refractivity contribution in [1.82, 2.24) is 0 Å². The van der Waals surface area contributed by atoms with Crippen molar-refractivity contribution in [2.24, 2.45) is 0 Å². The van der Waals surface area contributed by atoms with E-state index in [1.54, 1.807) is 37.7 Å². The molecule has 0 saturated heterocycles. The maximum atomic E-state index is 12.0. The number of para-hydroxylation sites is 1. The van der Waals surface area contributed by atoms with E-state index in [0.29, 0.717) is 17.0 Å². The highest BCUT2D eigenvalue weighted by Crippen LogP contribution is 2.18. The summed E-state index contributed by atoms with van der Waals surface area (Å²) in [4.78, 5) is 14.9. The molecule has 0 saturated carbocycles. The first kappa shape index (κ1) is 11.1. The lowest BCUT2D eigenvalue weighted by atomic mass is 10.2. The minimum Gasteiger partial charge on any atom is -0.496 e. The third-order valence-corrected chi connectivity index (χ3v) is 2.32. The molecule has 2 aromatic rings. The summed E-state index contributed by atoms with van der Waals surface area (Å²) in [5, 5.41) is 2.78. The zero-order chi connectivity index (χ0) is 12.1. The van der Waals surface area contributed by atoms with E-state index in [2.05, 4.69) is 10.3 Å². The van der Waals surface area contributed by atoms with Crippen LogP contribution in [-0.2, 0) is 0 Å². The summed E-state index contributed by atoms with van der Waals surface area (Å²) in [5.41, 5.74) is 1.22. The van der Waals surface area contributed by atoms with Gasteiger partial charge in [0.15, 0.2) is 12.4 Å². The molecule has 0 unspecified atom stereocenters. The van der Waals surface area contributed by atoms with E-state index in [1.807, 2.05) is 18.2 Å². The first-order valence-corrected chi connectivity index (χ1v) is 5.22. The number of carbonyl (C=O) groups excluding carboxylic acids is 1. The Labute approximate surface area is 99.3 Å². The van der Waals surface area contributed by atoms with Crippen LogP contribution >= 0.6 is 0 Å². The molecular formula is C13H13N2O2+. The fourth-order valence-corrected chi connectivity index (χ4v) is 1.50. The molecule has 17 heavy (non-hydrogen) atoms. The van der Waals surface area contributed by atoms with Crippen LogP contribution in [0.5, 0.6) is 5.75 Å². The predicted octanol–water partition coefficient (Wildman–Crippen LogP) is 1.76. The molecule has 0 aliphatic heterocycles. The Balaban J connectivity index is 2.20. The molecule has 0 atom stereocenters. The third-order valence-electron chi connectivity index (χ3n) is 2.32. The Kier molecular flexibility index (Phi) is 3.35. The van der Waals surface area contributed by atoms with E-state index in [9.17, 15) is 4.79 Å². The van der Waals surface area contributed by atoms with Crippen LogP contribution in [0.25, 0.3) is 0 Å².